The minimum absolute atomic E-state index is 0.00545. The van der Waals surface area contributed by atoms with Crippen molar-refractivity contribution in [3.63, 3.8) is 0 Å². The maximum atomic E-state index is 10.2. The number of phenols is 1. The van der Waals surface area contributed by atoms with E-state index in [1.54, 1.807) is 24.5 Å². The van der Waals surface area contributed by atoms with Crippen LogP contribution < -0.4 is 10.6 Å². The summed E-state index contributed by atoms with van der Waals surface area (Å²) in [5.41, 5.74) is 2.65. The molecule has 3 rings (SSSR count). The molecule has 2 aromatic carbocycles. The summed E-state index contributed by atoms with van der Waals surface area (Å²) in [7, 11) is 0. The molecule has 0 atom stereocenters. The maximum absolute atomic E-state index is 10.2. The van der Waals surface area contributed by atoms with Crippen LogP contribution in [0.25, 0.3) is 11.1 Å². The molecule has 0 aliphatic heterocycles. The van der Waals surface area contributed by atoms with Gasteiger partial charge < -0.3 is 15.7 Å². The van der Waals surface area contributed by atoms with Gasteiger partial charge in [0, 0.05) is 29.6 Å². The zero-order valence-electron chi connectivity index (χ0n) is 13.8. The van der Waals surface area contributed by atoms with Crippen molar-refractivity contribution in [1.82, 2.24) is 9.97 Å². The van der Waals surface area contributed by atoms with Gasteiger partial charge in [0.25, 0.3) is 0 Å². The SMILES string of the molecule is CCOc1ccc(/C(=N\N)c2ncc(-c3ccccc3)cn2)c(O)c1. The molecule has 6 heteroatoms. The van der Waals surface area contributed by atoms with Gasteiger partial charge >= 0.3 is 0 Å². The number of benzene rings is 2. The number of hydrogen-bond donors (Lipinski definition) is 2. The molecular weight excluding hydrogens is 316 g/mol. The highest BCUT2D eigenvalue weighted by Gasteiger charge is 2.15. The smallest absolute Gasteiger partial charge is 0.180 e. The lowest BCUT2D eigenvalue weighted by atomic mass is 10.1. The molecule has 1 heterocycles. The molecule has 6 nitrogen and oxygen atoms in total. The molecule has 0 aliphatic rings. The fourth-order valence-electron chi connectivity index (χ4n) is 2.45. The Balaban J connectivity index is 1.92. The van der Waals surface area contributed by atoms with E-state index in [1.807, 2.05) is 37.3 Å². The molecule has 0 saturated carbocycles. The molecule has 0 bridgehead atoms. The standard InChI is InChI=1S/C19H18N4O2/c1-2-25-15-8-9-16(17(24)10-15)18(23-20)19-21-11-14(12-22-19)13-6-4-3-5-7-13/h3-12,24H,2,20H2,1H3/b23-18+. The Labute approximate surface area is 145 Å². The van der Waals surface area contributed by atoms with E-state index in [4.69, 9.17) is 10.6 Å². The van der Waals surface area contributed by atoms with Gasteiger partial charge in [0.05, 0.1) is 6.61 Å². The first-order valence-corrected chi connectivity index (χ1v) is 7.84. The minimum Gasteiger partial charge on any atom is -0.507 e. The summed E-state index contributed by atoms with van der Waals surface area (Å²) in [5, 5.41) is 14.0. The molecule has 3 N–H and O–H groups in total. The second kappa shape index (κ2) is 7.44. The van der Waals surface area contributed by atoms with Crippen molar-refractivity contribution in [3.05, 3.63) is 72.3 Å². The van der Waals surface area contributed by atoms with Gasteiger partial charge in [0.2, 0.25) is 0 Å². The van der Waals surface area contributed by atoms with Crippen molar-refractivity contribution in [3.8, 4) is 22.6 Å². The van der Waals surface area contributed by atoms with Crippen molar-refractivity contribution >= 4 is 5.71 Å². The zero-order chi connectivity index (χ0) is 17.6. The summed E-state index contributed by atoms with van der Waals surface area (Å²) >= 11 is 0. The first kappa shape index (κ1) is 16.4. The first-order valence-electron chi connectivity index (χ1n) is 7.84. The predicted molar refractivity (Wildman–Crippen MR) is 96.6 cm³/mol. The number of hydrogen-bond acceptors (Lipinski definition) is 6. The summed E-state index contributed by atoms with van der Waals surface area (Å²) < 4.78 is 5.36. The van der Waals surface area contributed by atoms with Crippen molar-refractivity contribution < 1.29 is 9.84 Å². The fourth-order valence-corrected chi connectivity index (χ4v) is 2.45. The van der Waals surface area contributed by atoms with Crippen LogP contribution in [0.3, 0.4) is 0 Å². The Morgan fingerprint density at radius 3 is 2.40 bits per heavy atom. The zero-order valence-corrected chi connectivity index (χ0v) is 13.8. The Bertz CT molecular complexity index is 878. The molecule has 0 spiro atoms. The third kappa shape index (κ3) is 3.58. The highest BCUT2D eigenvalue weighted by atomic mass is 16.5. The van der Waals surface area contributed by atoms with Gasteiger partial charge in [-0.05, 0) is 24.6 Å². The first-order chi connectivity index (χ1) is 12.2. The molecule has 0 fully saturated rings. The molecule has 1 aromatic heterocycles. The summed E-state index contributed by atoms with van der Waals surface area (Å²) in [6.45, 7) is 2.39. The summed E-state index contributed by atoms with van der Waals surface area (Å²) in [6, 6.07) is 14.8. The second-order valence-corrected chi connectivity index (χ2v) is 5.25. The van der Waals surface area contributed by atoms with Crippen LogP contribution in [-0.2, 0) is 0 Å². The van der Waals surface area contributed by atoms with Gasteiger partial charge in [0.15, 0.2) is 5.82 Å². The number of phenolic OH excluding ortho intramolecular Hbond substituents is 1. The van der Waals surface area contributed by atoms with Crippen molar-refractivity contribution in [2.45, 2.75) is 6.92 Å². The molecule has 0 radical (unpaired) electrons. The molecule has 0 aliphatic carbocycles. The third-order valence-electron chi connectivity index (χ3n) is 3.64. The Hall–Kier alpha value is -3.41. The van der Waals surface area contributed by atoms with Crippen molar-refractivity contribution in [2.24, 2.45) is 10.9 Å². The predicted octanol–water partition coefficient (Wildman–Crippen LogP) is 2.96. The molecule has 0 unspecified atom stereocenters. The van der Waals surface area contributed by atoms with Gasteiger partial charge in [-0.2, -0.15) is 5.10 Å². The molecular formula is C19H18N4O2. The third-order valence-corrected chi connectivity index (χ3v) is 3.64. The lowest BCUT2D eigenvalue weighted by Crippen LogP contribution is -2.11. The van der Waals surface area contributed by atoms with E-state index >= 15 is 0 Å². The van der Waals surface area contributed by atoms with E-state index in [1.165, 1.54) is 6.07 Å². The van der Waals surface area contributed by atoms with Gasteiger partial charge in [-0.15, -0.1) is 0 Å². The van der Waals surface area contributed by atoms with Gasteiger partial charge in [-0.25, -0.2) is 9.97 Å². The minimum atomic E-state index is 0.00545. The quantitative estimate of drug-likeness (QED) is 0.425. The summed E-state index contributed by atoms with van der Waals surface area (Å²) in [5.74, 6) is 6.43. The average molecular weight is 334 g/mol. The largest absolute Gasteiger partial charge is 0.507 e. The normalized spacial score (nSPS) is 11.3. The summed E-state index contributed by atoms with van der Waals surface area (Å²) in [6.07, 6.45) is 3.41. The Kier molecular flexibility index (Phi) is 4.89. The van der Waals surface area contributed by atoms with Crippen molar-refractivity contribution in [1.29, 1.82) is 0 Å². The molecule has 0 amide bonds. The van der Waals surface area contributed by atoms with Gasteiger partial charge in [-0.3, -0.25) is 0 Å². The number of ether oxygens (including phenoxy) is 1. The lowest BCUT2D eigenvalue weighted by molar-refractivity contribution is 0.337. The topological polar surface area (TPSA) is 93.6 Å². The molecule has 25 heavy (non-hydrogen) atoms. The Morgan fingerprint density at radius 1 is 1.08 bits per heavy atom. The number of nitrogens with two attached hydrogens (primary N) is 1. The van der Waals surface area contributed by atoms with Gasteiger partial charge in [-0.1, -0.05) is 30.3 Å². The van der Waals surface area contributed by atoms with Crippen LogP contribution in [0.1, 0.15) is 18.3 Å². The lowest BCUT2D eigenvalue weighted by Gasteiger charge is -2.09. The molecule has 3 aromatic rings. The van der Waals surface area contributed by atoms with Crippen LogP contribution in [0, 0.1) is 0 Å². The monoisotopic (exact) mass is 334 g/mol. The van der Waals surface area contributed by atoms with Crippen LogP contribution in [0.15, 0.2) is 66.0 Å². The number of aromatic nitrogens is 2. The van der Waals surface area contributed by atoms with E-state index in [2.05, 4.69) is 15.1 Å². The average Bonchev–Trinajstić information content (AvgIpc) is 2.65. The van der Waals surface area contributed by atoms with Crippen LogP contribution in [0.5, 0.6) is 11.5 Å². The Morgan fingerprint density at radius 2 is 1.80 bits per heavy atom. The molecule has 0 saturated heterocycles. The van der Waals surface area contributed by atoms with Crippen LogP contribution in [0.2, 0.25) is 0 Å². The highest BCUT2D eigenvalue weighted by molar-refractivity contribution is 6.12. The number of aromatic hydroxyl groups is 1. The van der Waals surface area contributed by atoms with Crippen LogP contribution in [0.4, 0.5) is 0 Å². The molecule has 126 valence electrons. The van der Waals surface area contributed by atoms with Crippen molar-refractivity contribution in [2.75, 3.05) is 6.61 Å². The number of hydrazone groups is 1. The number of rotatable bonds is 5. The maximum Gasteiger partial charge on any atom is 0.180 e. The van der Waals surface area contributed by atoms with E-state index < -0.39 is 0 Å². The fraction of sp³-hybridized carbons (Fsp3) is 0.105. The summed E-state index contributed by atoms with van der Waals surface area (Å²) in [4.78, 5) is 8.68. The van der Waals surface area contributed by atoms with Gasteiger partial charge in [0.1, 0.15) is 17.2 Å². The van der Waals surface area contributed by atoms with E-state index in [9.17, 15) is 5.11 Å². The van der Waals surface area contributed by atoms with E-state index in [0.29, 0.717) is 29.5 Å². The van der Waals surface area contributed by atoms with Crippen LogP contribution in [-0.4, -0.2) is 27.4 Å². The van der Waals surface area contributed by atoms with E-state index in [0.717, 1.165) is 11.1 Å². The van der Waals surface area contributed by atoms with Crippen LogP contribution >= 0.6 is 0 Å². The highest BCUT2D eigenvalue weighted by Crippen LogP contribution is 2.26. The number of nitrogens with zero attached hydrogens (tertiary/aromatic N) is 3. The second-order valence-electron chi connectivity index (χ2n) is 5.25. The van der Waals surface area contributed by atoms with E-state index in [-0.39, 0.29) is 5.75 Å².